The fourth-order valence-corrected chi connectivity index (χ4v) is 2.43. The van der Waals surface area contributed by atoms with Gasteiger partial charge in [-0.1, -0.05) is 41.9 Å². The molecule has 0 N–H and O–H groups in total. The third-order valence-corrected chi connectivity index (χ3v) is 3.33. The van der Waals surface area contributed by atoms with Gasteiger partial charge in [0.2, 0.25) is 0 Å². The normalized spacial score (nSPS) is 12.2. The number of halogens is 1. The summed E-state index contributed by atoms with van der Waals surface area (Å²) in [5, 5.41) is 0.319. The average molecular weight is 243 g/mol. The molecule has 3 rings (SSSR count). The second-order valence-electron chi connectivity index (χ2n) is 3.88. The zero-order valence-electron chi connectivity index (χ0n) is 8.74. The van der Waals surface area contributed by atoms with E-state index in [9.17, 15) is 9.59 Å². The van der Waals surface area contributed by atoms with Crippen LogP contribution in [0.15, 0.2) is 36.4 Å². The number of carbonyl (C=O) groups excluding carboxylic acids is 2. The summed E-state index contributed by atoms with van der Waals surface area (Å²) in [6.07, 6.45) is 0.644. The van der Waals surface area contributed by atoms with Gasteiger partial charge >= 0.3 is 0 Å². The van der Waals surface area contributed by atoms with Gasteiger partial charge in [0.25, 0.3) is 0 Å². The Kier molecular flexibility index (Phi) is 2.13. The lowest BCUT2D eigenvalue weighted by Gasteiger charge is -2.03. The third-order valence-electron chi connectivity index (χ3n) is 3.00. The molecule has 2 nitrogen and oxygen atoms in total. The lowest BCUT2D eigenvalue weighted by atomic mass is 10.0. The summed E-state index contributed by atoms with van der Waals surface area (Å²) < 4.78 is 0. The van der Waals surface area contributed by atoms with Gasteiger partial charge < -0.3 is 0 Å². The van der Waals surface area contributed by atoms with Gasteiger partial charge in [0, 0.05) is 16.7 Å². The van der Waals surface area contributed by atoms with Gasteiger partial charge in [0.05, 0.1) is 5.02 Å². The molecule has 0 saturated carbocycles. The molecule has 0 bridgehead atoms. The van der Waals surface area contributed by atoms with Crippen molar-refractivity contribution in [2.45, 2.75) is 0 Å². The van der Waals surface area contributed by atoms with Crippen LogP contribution in [-0.2, 0) is 0 Å². The molecule has 1 aliphatic carbocycles. The Morgan fingerprint density at radius 3 is 2.35 bits per heavy atom. The van der Waals surface area contributed by atoms with Crippen LogP contribution in [0.2, 0.25) is 5.02 Å². The largest absolute Gasteiger partial charge is 0.298 e. The van der Waals surface area contributed by atoms with E-state index in [-0.39, 0.29) is 11.3 Å². The minimum absolute atomic E-state index is 0.125. The summed E-state index contributed by atoms with van der Waals surface area (Å²) in [6, 6.07) is 10.8. The zero-order chi connectivity index (χ0) is 12.0. The summed E-state index contributed by atoms with van der Waals surface area (Å²) in [7, 11) is 0. The summed E-state index contributed by atoms with van der Waals surface area (Å²) >= 11 is 5.93. The van der Waals surface area contributed by atoms with Gasteiger partial charge in [-0.2, -0.15) is 0 Å². The number of rotatable bonds is 1. The van der Waals surface area contributed by atoms with Crippen LogP contribution >= 0.6 is 11.6 Å². The monoisotopic (exact) mass is 242 g/mol. The maximum absolute atomic E-state index is 12.2. The Bertz CT molecular complexity index is 659. The van der Waals surface area contributed by atoms with E-state index >= 15 is 0 Å². The van der Waals surface area contributed by atoms with Crippen LogP contribution in [0, 0.1) is 0 Å². The van der Waals surface area contributed by atoms with E-state index in [1.165, 1.54) is 0 Å². The van der Waals surface area contributed by atoms with Gasteiger partial charge in [-0.15, -0.1) is 0 Å². The molecule has 0 radical (unpaired) electrons. The van der Waals surface area contributed by atoms with Crippen molar-refractivity contribution in [3.05, 3.63) is 58.1 Å². The van der Waals surface area contributed by atoms with Crippen molar-refractivity contribution in [1.29, 1.82) is 0 Å². The van der Waals surface area contributed by atoms with Crippen LogP contribution in [0.3, 0.4) is 0 Å². The Balaban J connectivity index is 2.42. The maximum Gasteiger partial charge on any atom is 0.195 e. The molecule has 17 heavy (non-hydrogen) atoms. The standard InChI is InChI=1S/C14H7ClO2/c15-12-6-5-9-8-3-1-2-4-10(8)14(17)13(9)11(12)7-16/h1-7H. The first-order valence-electron chi connectivity index (χ1n) is 5.16. The third kappa shape index (κ3) is 1.28. The van der Waals surface area contributed by atoms with Crippen molar-refractivity contribution in [1.82, 2.24) is 0 Å². The molecular weight excluding hydrogens is 236 g/mol. The Labute approximate surface area is 103 Å². The highest BCUT2D eigenvalue weighted by atomic mass is 35.5. The number of hydrogen-bond donors (Lipinski definition) is 0. The zero-order valence-corrected chi connectivity index (χ0v) is 9.49. The average Bonchev–Trinajstić information content (AvgIpc) is 2.64. The summed E-state index contributed by atoms with van der Waals surface area (Å²) in [5.41, 5.74) is 3.00. The van der Waals surface area contributed by atoms with Crippen molar-refractivity contribution in [2.75, 3.05) is 0 Å². The van der Waals surface area contributed by atoms with Gasteiger partial charge in [0.1, 0.15) is 0 Å². The number of benzene rings is 2. The molecular formula is C14H7ClO2. The predicted molar refractivity (Wildman–Crippen MR) is 65.7 cm³/mol. The fraction of sp³-hybridized carbons (Fsp3) is 0. The van der Waals surface area contributed by atoms with E-state index in [4.69, 9.17) is 11.6 Å². The molecule has 0 fully saturated rings. The highest BCUT2D eigenvalue weighted by molar-refractivity contribution is 6.35. The summed E-state index contributed by atoms with van der Waals surface area (Å²) in [4.78, 5) is 23.2. The van der Waals surface area contributed by atoms with Crippen LogP contribution < -0.4 is 0 Å². The molecule has 0 spiro atoms. The van der Waals surface area contributed by atoms with Crippen LogP contribution in [0.5, 0.6) is 0 Å². The van der Waals surface area contributed by atoms with E-state index in [1.807, 2.05) is 18.2 Å². The first kappa shape index (κ1) is 10.2. The molecule has 1 aliphatic rings. The van der Waals surface area contributed by atoms with Crippen molar-refractivity contribution in [3.63, 3.8) is 0 Å². The van der Waals surface area contributed by atoms with Crippen LogP contribution in [0.25, 0.3) is 11.1 Å². The van der Waals surface area contributed by atoms with E-state index in [0.29, 0.717) is 22.4 Å². The topological polar surface area (TPSA) is 34.1 Å². The highest BCUT2D eigenvalue weighted by Crippen LogP contribution is 2.39. The molecule has 0 unspecified atom stereocenters. The Morgan fingerprint density at radius 1 is 0.941 bits per heavy atom. The summed E-state index contributed by atoms with van der Waals surface area (Å²) in [6.45, 7) is 0. The number of fused-ring (bicyclic) bond motifs is 3. The van der Waals surface area contributed by atoms with Gasteiger partial charge in [-0.25, -0.2) is 0 Å². The molecule has 0 aromatic heterocycles. The quantitative estimate of drug-likeness (QED) is 0.613. The van der Waals surface area contributed by atoms with E-state index < -0.39 is 0 Å². The van der Waals surface area contributed by atoms with E-state index in [1.54, 1.807) is 18.2 Å². The van der Waals surface area contributed by atoms with Gasteiger partial charge in [0.15, 0.2) is 12.1 Å². The number of ketones is 1. The van der Waals surface area contributed by atoms with Crippen LogP contribution in [0.1, 0.15) is 26.3 Å². The van der Waals surface area contributed by atoms with Crippen molar-refractivity contribution in [2.24, 2.45) is 0 Å². The molecule has 0 saturated heterocycles. The van der Waals surface area contributed by atoms with Gasteiger partial charge in [-0.3, -0.25) is 9.59 Å². The predicted octanol–water partition coefficient (Wildman–Crippen LogP) is 3.36. The number of carbonyl (C=O) groups is 2. The second kappa shape index (κ2) is 3.54. The molecule has 82 valence electrons. The van der Waals surface area contributed by atoms with Crippen molar-refractivity contribution < 1.29 is 9.59 Å². The second-order valence-corrected chi connectivity index (χ2v) is 4.28. The first-order chi connectivity index (χ1) is 8.24. The summed E-state index contributed by atoms with van der Waals surface area (Å²) in [5.74, 6) is -0.125. The SMILES string of the molecule is O=Cc1c(Cl)ccc2c1C(=O)c1ccccc1-2. The molecule has 0 heterocycles. The molecule has 2 aromatic rings. The lowest BCUT2D eigenvalue weighted by molar-refractivity contribution is 0.103. The molecule has 0 aliphatic heterocycles. The van der Waals surface area contributed by atoms with Crippen molar-refractivity contribution >= 4 is 23.7 Å². The maximum atomic E-state index is 12.2. The highest BCUT2D eigenvalue weighted by Gasteiger charge is 2.29. The molecule has 3 heteroatoms. The minimum atomic E-state index is -0.125. The number of aldehydes is 1. The Hall–Kier alpha value is -1.93. The van der Waals surface area contributed by atoms with Crippen LogP contribution in [0.4, 0.5) is 0 Å². The van der Waals surface area contributed by atoms with Gasteiger partial charge in [-0.05, 0) is 17.2 Å². The van der Waals surface area contributed by atoms with Crippen molar-refractivity contribution in [3.8, 4) is 11.1 Å². The molecule has 0 atom stereocenters. The van der Waals surface area contributed by atoms with E-state index in [0.717, 1.165) is 11.1 Å². The minimum Gasteiger partial charge on any atom is -0.298 e. The molecule has 0 amide bonds. The first-order valence-corrected chi connectivity index (χ1v) is 5.53. The Morgan fingerprint density at radius 2 is 1.65 bits per heavy atom. The fourth-order valence-electron chi connectivity index (χ4n) is 2.23. The van der Waals surface area contributed by atoms with Crippen LogP contribution in [-0.4, -0.2) is 12.1 Å². The number of hydrogen-bond acceptors (Lipinski definition) is 2. The smallest absolute Gasteiger partial charge is 0.195 e. The molecule has 2 aromatic carbocycles. The lowest BCUT2D eigenvalue weighted by Crippen LogP contribution is -2.00. The van der Waals surface area contributed by atoms with E-state index in [2.05, 4.69) is 0 Å².